The highest BCUT2D eigenvalue weighted by atomic mass is 19.1. The molecule has 0 bridgehead atoms. The fraction of sp³-hybridized carbons (Fsp3) is 0.190. The van der Waals surface area contributed by atoms with Crippen molar-refractivity contribution in [3.63, 3.8) is 0 Å². The molecule has 28 heavy (non-hydrogen) atoms. The maximum absolute atomic E-state index is 13.7. The maximum atomic E-state index is 13.7. The van der Waals surface area contributed by atoms with E-state index in [1.807, 2.05) is 26.0 Å². The molecule has 0 atom stereocenters. The Bertz CT molecular complexity index is 962. The lowest BCUT2D eigenvalue weighted by atomic mass is 10.2. The molecule has 3 aromatic rings. The van der Waals surface area contributed by atoms with Gasteiger partial charge in [-0.2, -0.15) is 0 Å². The average molecular weight is 380 g/mol. The van der Waals surface area contributed by atoms with Crippen molar-refractivity contribution in [3.8, 4) is 5.75 Å². The molecule has 0 unspecified atom stereocenters. The number of nitrogens with zero attached hydrogens (tertiary/aromatic N) is 2. The van der Waals surface area contributed by atoms with Gasteiger partial charge in [0.15, 0.2) is 0 Å². The first-order chi connectivity index (χ1) is 13.5. The number of hydrogen-bond donors (Lipinski definition) is 2. The van der Waals surface area contributed by atoms with Crippen molar-refractivity contribution in [1.82, 2.24) is 9.97 Å². The van der Waals surface area contributed by atoms with Gasteiger partial charge < -0.3 is 15.4 Å². The molecule has 1 aromatic heterocycles. The minimum absolute atomic E-state index is 0.0220. The van der Waals surface area contributed by atoms with Crippen molar-refractivity contribution in [2.75, 3.05) is 10.6 Å². The van der Waals surface area contributed by atoms with Crippen LogP contribution in [0.4, 0.5) is 16.0 Å². The van der Waals surface area contributed by atoms with Gasteiger partial charge in [0.1, 0.15) is 17.3 Å². The van der Waals surface area contributed by atoms with E-state index in [0.717, 1.165) is 0 Å². The van der Waals surface area contributed by atoms with Crippen molar-refractivity contribution < 1.29 is 13.9 Å². The van der Waals surface area contributed by atoms with E-state index in [-0.39, 0.29) is 30.1 Å². The van der Waals surface area contributed by atoms with E-state index >= 15 is 0 Å². The molecule has 0 aliphatic carbocycles. The lowest BCUT2D eigenvalue weighted by Crippen LogP contribution is -2.17. The lowest BCUT2D eigenvalue weighted by molar-refractivity contribution is 0.102. The van der Waals surface area contributed by atoms with Crippen LogP contribution in [0.3, 0.4) is 0 Å². The van der Waals surface area contributed by atoms with Crippen LogP contribution in [-0.4, -0.2) is 22.0 Å². The second-order valence-corrected chi connectivity index (χ2v) is 6.33. The number of ether oxygens (including phenoxy) is 1. The summed E-state index contributed by atoms with van der Waals surface area (Å²) in [6.45, 7) is 4.04. The summed E-state index contributed by atoms with van der Waals surface area (Å²) in [5.41, 5.74) is 1.23. The Balaban J connectivity index is 1.70. The number of rotatable bonds is 7. The Morgan fingerprint density at radius 1 is 1.11 bits per heavy atom. The van der Waals surface area contributed by atoms with Crippen LogP contribution < -0.4 is 15.4 Å². The van der Waals surface area contributed by atoms with Crippen LogP contribution in [0.25, 0.3) is 0 Å². The average Bonchev–Trinajstić information content (AvgIpc) is 2.69. The number of halogens is 1. The van der Waals surface area contributed by atoms with Gasteiger partial charge in [0, 0.05) is 18.3 Å². The number of anilines is 2. The minimum Gasteiger partial charge on any atom is -0.489 e. The van der Waals surface area contributed by atoms with Gasteiger partial charge in [-0.3, -0.25) is 4.79 Å². The van der Waals surface area contributed by atoms with Crippen molar-refractivity contribution in [2.45, 2.75) is 26.5 Å². The monoisotopic (exact) mass is 380 g/mol. The normalized spacial score (nSPS) is 10.6. The maximum Gasteiger partial charge on any atom is 0.274 e. The van der Waals surface area contributed by atoms with E-state index in [9.17, 15) is 9.18 Å². The van der Waals surface area contributed by atoms with Crippen LogP contribution in [0.15, 0.2) is 60.8 Å². The number of amides is 1. The standard InChI is InChI=1S/C21H21FN4O2/c1-14(2)28-19-10-6-5-9-17(19)25-20(27)18-11-12-23-21(26-18)24-13-15-7-3-4-8-16(15)22/h3-12,14H,13H2,1-2H3,(H,25,27)(H,23,24,26). The molecule has 7 heteroatoms. The van der Waals surface area contributed by atoms with Gasteiger partial charge in [-0.25, -0.2) is 14.4 Å². The zero-order valence-electron chi connectivity index (χ0n) is 15.6. The van der Waals surface area contributed by atoms with Crippen LogP contribution >= 0.6 is 0 Å². The molecule has 144 valence electrons. The molecule has 3 rings (SSSR count). The summed E-state index contributed by atoms with van der Waals surface area (Å²) < 4.78 is 19.4. The number of carbonyl (C=O) groups excluding carboxylic acids is 1. The second-order valence-electron chi connectivity index (χ2n) is 6.33. The SMILES string of the molecule is CC(C)Oc1ccccc1NC(=O)c1ccnc(NCc2ccccc2F)n1. The highest BCUT2D eigenvalue weighted by Gasteiger charge is 2.13. The minimum atomic E-state index is -0.392. The Kier molecular flexibility index (Phi) is 6.16. The van der Waals surface area contributed by atoms with E-state index in [4.69, 9.17) is 4.74 Å². The van der Waals surface area contributed by atoms with E-state index in [1.54, 1.807) is 30.3 Å². The molecule has 1 heterocycles. The molecule has 2 N–H and O–H groups in total. The predicted octanol–water partition coefficient (Wildman–Crippen LogP) is 4.27. The molecule has 0 saturated heterocycles. The summed E-state index contributed by atoms with van der Waals surface area (Å²) in [6.07, 6.45) is 1.45. The third-order valence-electron chi connectivity index (χ3n) is 3.78. The van der Waals surface area contributed by atoms with Crippen molar-refractivity contribution in [3.05, 3.63) is 77.9 Å². The summed E-state index contributed by atoms with van der Waals surface area (Å²) in [4.78, 5) is 20.9. The van der Waals surface area contributed by atoms with E-state index in [2.05, 4.69) is 20.6 Å². The Morgan fingerprint density at radius 2 is 1.86 bits per heavy atom. The Morgan fingerprint density at radius 3 is 2.64 bits per heavy atom. The predicted molar refractivity (Wildman–Crippen MR) is 106 cm³/mol. The highest BCUT2D eigenvalue weighted by Crippen LogP contribution is 2.25. The zero-order chi connectivity index (χ0) is 19.9. The number of carbonyl (C=O) groups is 1. The first-order valence-electron chi connectivity index (χ1n) is 8.90. The number of nitrogens with one attached hydrogen (secondary N) is 2. The summed E-state index contributed by atoms with van der Waals surface area (Å²) >= 11 is 0. The van der Waals surface area contributed by atoms with Gasteiger partial charge in [-0.15, -0.1) is 0 Å². The fourth-order valence-corrected chi connectivity index (χ4v) is 2.50. The van der Waals surface area contributed by atoms with Crippen molar-refractivity contribution >= 4 is 17.5 Å². The number of benzene rings is 2. The molecule has 1 amide bonds. The summed E-state index contributed by atoms with van der Waals surface area (Å²) in [7, 11) is 0. The van der Waals surface area contributed by atoms with Crippen LogP contribution in [0, 0.1) is 5.82 Å². The quantitative estimate of drug-likeness (QED) is 0.640. The third kappa shape index (κ3) is 5.03. The molecule has 6 nitrogen and oxygen atoms in total. The Labute approximate surface area is 162 Å². The van der Waals surface area contributed by atoms with Crippen molar-refractivity contribution in [1.29, 1.82) is 0 Å². The van der Waals surface area contributed by atoms with E-state index in [1.165, 1.54) is 18.3 Å². The van der Waals surface area contributed by atoms with Gasteiger partial charge in [0.2, 0.25) is 5.95 Å². The molecule has 0 saturated carbocycles. The number of para-hydroxylation sites is 2. The molecule has 0 aliphatic rings. The van der Waals surface area contributed by atoms with Gasteiger partial charge in [-0.1, -0.05) is 30.3 Å². The summed E-state index contributed by atoms with van der Waals surface area (Å²) in [5, 5.41) is 5.73. The smallest absolute Gasteiger partial charge is 0.274 e. The first-order valence-corrected chi connectivity index (χ1v) is 8.90. The summed E-state index contributed by atoms with van der Waals surface area (Å²) in [5.74, 6) is 0.113. The highest BCUT2D eigenvalue weighted by molar-refractivity contribution is 6.03. The fourth-order valence-electron chi connectivity index (χ4n) is 2.50. The molecule has 0 aliphatic heterocycles. The topological polar surface area (TPSA) is 76.1 Å². The van der Waals surface area contributed by atoms with Crippen LogP contribution in [0.1, 0.15) is 29.9 Å². The molecule has 0 spiro atoms. The third-order valence-corrected chi connectivity index (χ3v) is 3.78. The Hall–Kier alpha value is -3.48. The molecular weight excluding hydrogens is 359 g/mol. The van der Waals surface area contributed by atoms with Crippen LogP contribution in [-0.2, 0) is 6.54 Å². The molecular formula is C21H21FN4O2. The largest absolute Gasteiger partial charge is 0.489 e. The van der Waals surface area contributed by atoms with E-state index in [0.29, 0.717) is 17.0 Å². The lowest BCUT2D eigenvalue weighted by Gasteiger charge is -2.14. The number of hydrogen-bond acceptors (Lipinski definition) is 5. The van der Waals surface area contributed by atoms with Crippen LogP contribution in [0.2, 0.25) is 0 Å². The zero-order valence-corrected chi connectivity index (χ0v) is 15.6. The second kappa shape index (κ2) is 8.94. The first kappa shape index (κ1) is 19.3. The van der Waals surface area contributed by atoms with Gasteiger partial charge in [-0.05, 0) is 38.1 Å². The van der Waals surface area contributed by atoms with Gasteiger partial charge in [0.25, 0.3) is 5.91 Å². The van der Waals surface area contributed by atoms with Crippen molar-refractivity contribution in [2.24, 2.45) is 0 Å². The number of aromatic nitrogens is 2. The van der Waals surface area contributed by atoms with Gasteiger partial charge in [0.05, 0.1) is 11.8 Å². The van der Waals surface area contributed by atoms with Crippen LogP contribution in [0.5, 0.6) is 5.75 Å². The summed E-state index contributed by atoms with van der Waals surface area (Å²) in [6, 6.07) is 15.1. The molecule has 2 aromatic carbocycles. The van der Waals surface area contributed by atoms with E-state index < -0.39 is 5.91 Å². The van der Waals surface area contributed by atoms with Gasteiger partial charge >= 0.3 is 0 Å². The molecule has 0 radical (unpaired) electrons. The molecule has 0 fully saturated rings.